The van der Waals surface area contributed by atoms with E-state index in [1.165, 1.54) is 30.6 Å². The van der Waals surface area contributed by atoms with Crippen LogP contribution in [0, 0.1) is 5.92 Å². The van der Waals surface area contributed by atoms with Crippen LogP contribution in [0.2, 0.25) is 0 Å². The predicted molar refractivity (Wildman–Crippen MR) is 79.7 cm³/mol. The summed E-state index contributed by atoms with van der Waals surface area (Å²) in [5.41, 5.74) is -1.31. The molecular formula is C16H29NO3. The zero-order valence-electron chi connectivity index (χ0n) is 13.6. The van der Waals surface area contributed by atoms with E-state index in [1.54, 1.807) is 7.05 Å². The Morgan fingerprint density at radius 1 is 1.25 bits per heavy atom. The first-order chi connectivity index (χ1) is 9.18. The SMILES string of the molecule is CN(C(=O)OC(C)(C)C)C(C)(C=O)CCC1CCCC1. The van der Waals surface area contributed by atoms with Gasteiger partial charge < -0.3 is 9.53 Å². The second kappa shape index (κ2) is 6.59. The monoisotopic (exact) mass is 283 g/mol. The standard InChI is InChI=1S/C16H29NO3/c1-15(2,3)20-14(19)17(5)16(4,12-18)11-10-13-8-6-7-9-13/h12-13H,6-11H2,1-5H3. The number of aldehydes is 1. The molecule has 1 unspecified atom stereocenters. The van der Waals surface area contributed by atoms with Crippen molar-refractivity contribution in [2.24, 2.45) is 5.92 Å². The van der Waals surface area contributed by atoms with E-state index < -0.39 is 17.2 Å². The van der Waals surface area contributed by atoms with E-state index >= 15 is 0 Å². The number of nitrogens with zero attached hydrogens (tertiary/aromatic N) is 1. The number of rotatable bonds is 5. The number of likely N-dealkylation sites (N-methyl/N-ethyl adjacent to an activating group) is 1. The smallest absolute Gasteiger partial charge is 0.410 e. The van der Waals surface area contributed by atoms with Gasteiger partial charge >= 0.3 is 6.09 Å². The zero-order chi connectivity index (χ0) is 15.4. The molecule has 1 saturated carbocycles. The maximum atomic E-state index is 12.1. The highest BCUT2D eigenvalue weighted by atomic mass is 16.6. The van der Waals surface area contributed by atoms with Gasteiger partial charge in [-0.15, -0.1) is 0 Å². The van der Waals surface area contributed by atoms with Crippen LogP contribution in [-0.4, -0.2) is 35.5 Å². The van der Waals surface area contributed by atoms with Crippen molar-refractivity contribution in [3.8, 4) is 0 Å². The average Bonchev–Trinajstić information content (AvgIpc) is 2.86. The van der Waals surface area contributed by atoms with Crippen molar-refractivity contribution in [2.75, 3.05) is 7.05 Å². The van der Waals surface area contributed by atoms with Gasteiger partial charge in [-0.25, -0.2) is 4.79 Å². The molecule has 0 N–H and O–H groups in total. The van der Waals surface area contributed by atoms with Gasteiger partial charge in [0.2, 0.25) is 0 Å². The first-order valence-electron chi connectivity index (χ1n) is 7.61. The topological polar surface area (TPSA) is 46.6 Å². The number of ether oxygens (including phenoxy) is 1. The molecule has 1 rings (SSSR count). The molecule has 20 heavy (non-hydrogen) atoms. The highest BCUT2D eigenvalue weighted by Crippen LogP contribution is 2.32. The number of hydrogen-bond acceptors (Lipinski definition) is 3. The molecule has 0 aromatic rings. The molecule has 116 valence electrons. The molecule has 4 heteroatoms. The van der Waals surface area contributed by atoms with Crippen molar-refractivity contribution < 1.29 is 14.3 Å². The molecule has 0 aromatic carbocycles. The lowest BCUT2D eigenvalue weighted by molar-refractivity contribution is -0.117. The summed E-state index contributed by atoms with van der Waals surface area (Å²) in [6.07, 6.45) is 7.26. The first kappa shape index (κ1) is 17.0. The van der Waals surface area contributed by atoms with Crippen LogP contribution >= 0.6 is 0 Å². The van der Waals surface area contributed by atoms with Crippen molar-refractivity contribution in [2.45, 2.75) is 77.4 Å². The van der Waals surface area contributed by atoms with Gasteiger partial charge in [0.1, 0.15) is 11.9 Å². The van der Waals surface area contributed by atoms with Crippen LogP contribution in [0.25, 0.3) is 0 Å². The number of carbonyl (C=O) groups excluding carboxylic acids is 2. The van der Waals surface area contributed by atoms with Crippen LogP contribution in [0.15, 0.2) is 0 Å². The quantitative estimate of drug-likeness (QED) is 0.721. The van der Waals surface area contributed by atoms with E-state index in [9.17, 15) is 9.59 Å². The fourth-order valence-corrected chi connectivity index (χ4v) is 2.64. The Bertz CT molecular complexity index is 342. The lowest BCUT2D eigenvalue weighted by Crippen LogP contribution is -2.50. The summed E-state index contributed by atoms with van der Waals surface area (Å²) in [5, 5.41) is 0. The normalized spacial score (nSPS) is 19.4. The number of amides is 1. The van der Waals surface area contributed by atoms with Crippen molar-refractivity contribution in [1.29, 1.82) is 0 Å². The zero-order valence-corrected chi connectivity index (χ0v) is 13.6. The second-order valence-corrected chi connectivity index (χ2v) is 7.20. The Balaban J connectivity index is 2.60. The molecule has 1 aliphatic carbocycles. The number of hydrogen-bond donors (Lipinski definition) is 0. The van der Waals surface area contributed by atoms with Crippen LogP contribution in [0.4, 0.5) is 4.79 Å². The summed E-state index contributed by atoms with van der Waals surface area (Å²) < 4.78 is 5.35. The summed E-state index contributed by atoms with van der Waals surface area (Å²) in [6, 6.07) is 0. The van der Waals surface area contributed by atoms with Crippen LogP contribution in [0.3, 0.4) is 0 Å². The molecule has 1 amide bonds. The van der Waals surface area contributed by atoms with Gasteiger partial charge in [-0.2, -0.15) is 0 Å². The molecule has 0 spiro atoms. The molecule has 4 nitrogen and oxygen atoms in total. The van der Waals surface area contributed by atoms with Crippen LogP contribution in [-0.2, 0) is 9.53 Å². The Morgan fingerprint density at radius 3 is 2.25 bits per heavy atom. The van der Waals surface area contributed by atoms with Gasteiger partial charge in [-0.1, -0.05) is 25.7 Å². The fraction of sp³-hybridized carbons (Fsp3) is 0.875. The molecule has 0 bridgehead atoms. The van der Waals surface area contributed by atoms with Gasteiger partial charge in [0.25, 0.3) is 0 Å². The van der Waals surface area contributed by atoms with Crippen molar-refractivity contribution >= 4 is 12.4 Å². The van der Waals surface area contributed by atoms with Gasteiger partial charge in [-0.05, 0) is 46.5 Å². The van der Waals surface area contributed by atoms with Crippen LogP contribution in [0.1, 0.15) is 66.2 Å². The highest BCUT2D eigenvalue weighted by molar-refractivity contribution is 5.76. The van der Waals surface area contributed by atoms with E-state index in [0.717, 1.165) is 12.7 Å². The lowest BCUT2D eigenvalue weighted by atomic mass is 9.90. The molecule has 0 radical (unpaired) electrons. The molecule has 1 fully saturated rings. The maximum Gasteiger partial charge on any atom is 0.410 e. The predicted octanol–water partition coefficient (Wildman–Crippen LogP) is 3.78. The average molecular weight is 283 g/mol. The minimum absolute atomic E-state index is 0.432. The summed E-state index contributed by atoms with van der Waals surface area (Å²) in [6.45, 7) is 7.30. The third kappa shape index (κ3) is 4.80. The molecule has 0 saturated heterocycles. The van der Waals surface area contributed by atoms with Crippen LogP contribution in [0.5, 0.6) is 0 Å². The van der Waals surface area contributed by atoms with Gasteiger partial charge in [0.05, 0.1) is 5.54 Å². The van der Waals surface area contributed by atoms with E-state index in [4.69, 9.17) is 4.74 Å². The van der Waals surface area contributed by atoms with Gasteiger partial charge in [-0.3, -0.25) is 4.90 Å². The summed E-state index contributed by atoms with van der Waals surface area (Å²) in [5.74, 6) is 0.710. The van der Waals surface area contributed by atoms with Gasteiger partial charge in [0.15, 0.2) is 0 Å². The molecule has 1 atom stereocenters. The van der Waals surface area contributed by atoms with E-state index in [-0.39, 0.29) is 0 Å². The summed E-state index contributed by atoms with van der Waals surface area (Å²) in [4.78, 5) is 25.0. The molecular weight excluding hydrogens is 254 g/mol. The number of carbonyl (C=O) groups is 2. The van der Waals surface area contributed by atoms with Crippen molar-refractivity contribution in [3.63, 3.8) is 0 Å². The Morgan fingerprint density at radius 2 is 1.80 bits per heavy atom. The van der Waals surface area contributed by atoms with Crippen molar-refractivity contribution in [1.82, 2.24) is 4.90 Å². The van der Waals surface area contributed by atoms with Crippen LogP contribution < -0.4 is 0 Å². The fourth-order valence-electron chi connectivity index (χ4n) is 2.64. The Labute approximate surface area is 122 Å². The third-order valence-corrected chi connectivity index (χ3v) is 4.22. The highest BCUT2D eigenvalue weighted by Gasteiger charge is 2.35. The minimum Gasteiger partial charge on any atom is -0.444 e. The second-order valence-electron chi connectivity index (χ2n) is 7.20. The largest absolute Gasteiger partial charge is 0.444 e. The Hall–Kier alpha value is -1.06. The molecule has 0 aliphatic heterocycles. The molecule has 0 aromatic heterocycles. The van der Waals surface area contributed by atoms with E-state index in [0.29, 0.717) is 12.3 Å². The Kier molecular flexibility index (Phi) is 5.60. The summed E-state index contributed by atoms with van der Waals surface area (Å²) >= 11 is 0. The minimum atomic E-state index is -0.773. The molecule has 1 aliphatic rings. The van der Waals surface area contributed by atoms with Crippen molar-refractivity contribution in [3.05, 3.63) is 0 Å². The summed E-state index contributed by atoms with van der Waals surface area (Å²) in [7, 11) is 1.65. The maximum absolute atomic E-state index is 12.1. The lowest BCUT2D eigenvalue weighted by Gasteiger charge is -2.36. The third-order valence-electron chi connectivity index (χ3n) is 4.22. The van der Waals surface area contributed by atoms with E-state index in [1.807, 2.05) is 27.7 Å². The van der Waals surface area contributed by atoms with Gasteiger partial charge in [0, 0.05) is 7.05 Å². The first-order valence-corrected chi connectivity index (χ1v) is 7.61. The van der Waals surface area contributed by atoms with E-state index in [2.05, 4.69) is 0 Å². The molecule has 0 heterocycles.